The fraction of sp³-hybridized carbons (Fsp3) is 0.259. The summed E-state index contributed by atoms with van der Waals surface area (Å²) in [4.78, 5) is 19.0. The summed E-state index contributed by atoms with van der Waals surface area (Å²) < 4.78 is 7.35. The Morgan fingerprint density at radius 3 is 2.44 bits per heavy atom. The van der Waals surface area contributed by atoms with E-state index in [0.717, 1.165) is 46.3 Å². The zero-order valence-corrected chi connectivity index (χ0v) is 20.5. The van der Waals surface area contributed by atoms with Crippen molar-refractivity contribution in [3.05, 3.63) is 82.9 Å². The van der Waals surface area contributed by atoms with Gasteiger partial charge in [0.2, 0.25) is 0 Å². The van der Waals surface area contributed by atoms with Gasteiger partial charge in [0.25, 0.3) is 5.91 Å². The molecule has 4 aromatic rings. The van der Waals surface area contributed by atoms with Crippen LogP contribution in [0.3, 0.4) is 0 Å². The first-order chi connectivity index (χ1) is 16.5. The van der Waals surface area contributed by atoms with Crippen molar-refractivity contribution in [2.75, 3.05) is 38.2 Å². The molecule has 1 amide bonds. The molecule has 1 saturated heterocycles. The number of methoxy groups -OCH3 is 1. The summed E-state index contributed by atoms with van der Waals surface area (Å²) in [5.41, 5.74) is 5.71. The van der Waals surface area contributed by atoms with Gasteiger partial charge in [-0.3, -0.25) is 4.79 Å². The van der Waals surface area contributed by atoms with Crippen molar-refractivity contribution >= 4 is 22.9 Å². The number of amides is 1. The van der Waals surface area contributed by atoms with Crippen LogP contribution in [0, 0.1) is 13.8 Å². The Balaban J connectivity index is 1.43. The van der Waals surface area contributed by atoms with Crippen LogP contribution in [0.15, 0.2) is 66.0 Å². The third-order valence-corrected chi connectivity index (χ3v) is 7.17. The van der Waals surface area contributed by atoms with Crippen LogP contribution in [0.25, 0.3) is 16.3 Å². The van der Waals surface area contributed by atoms with Crippen molar-refractivity contribution in [3.63, 3.8) is 0 Å². The molecule has 5 rings (SSSR count). The standard InChI is InChI=1S/C27H28N4O2S/c1-19-10-11-22(20(2)17-19)31-24(18-21(28-31)26-9-6-16-34-26)27(32)30-14-12-29(13-15-30)23-7-4-5-8-25(23)33-3/h4-11,16-18H,12-15H2,1-3H3. The van der Waals surface area contributed by atoms with Gasteiger partial charge in [-0.15, -0.1) is 11.3 Å². The zero-order valence-electron chi connectivity index (χ0n) is 19.7. The summed E-state index contributed by atoms with van der Waals surface area (Å²) in [7, 11) is 1.69. The molecule has 1 aliphatic heterocycles. The fourth-order valence-electron chi connectivity index (χ4n) is 4.51. The largest absolute Gasteiger partial charge is 0.495 e. The number of hydrogen-bond donors (Lipinski definition) is 0. The molecule has 0 spiro atoms. The Bertz CT molecular complexity index is 1300. The molecule has 0 unspecified atom stereocenters. The molecule has 2 aromatic carbocycles. The van der Waals surface area contributed by atoms with Crippen molar-refractivity contribution in [1.29, 1.82) is 0 Å². The molecule has 1 aliphatic rings. The monoisotopic (exact) mass is 472 g/mol. The second-order valence-electron chi connectivity index (χ2n) is 8.54. The molecule has 7 heteroatoms. The first-order valence-electron chi connectivity index (χ1n) is 11.4. The number of nitrogens with zero attached hydrogens (tertiary/aromatic N) is 4. The maximum absolute atomic E-state index is 13.7. The lowest BCUT2D eigenvalue weighted by molar-refractivity contribution is 0.0737. The number of aromatic nitrogens is 2. The van der Waals surface area contributed by atoms with Crippen molar-refractivity contribution in [2.24, 2.45) is 0 Å². The number of piperazine rings is 1. The van der Waals surface area contributed by atoms with Gasteiger partial charge in [0.05, 0.1) is 23.4 Å². The van der Waals surface area contributed by atoms with Gasteiger partial charge in [-0.05, 0) is 55.1 Å². The van der Waals surface area contributed by atoms with Gasteiger partial charge < -0.3 is 14.5 Å². The molecule has 3 heterocycles. The summed E-state index contributed by atoms with van der Waals surface area (Å²) in [6.45, 7) is 6.93. The highest BCUT2D eigenvalue weighted by atomic mass is 32.1. The summed E-state index contributed by atoms with van der Waals surface area (Å²) in [5, 5.41) is 6.90. The quantitative estimate of drug-likeness (QED) is 0.401. The van der Waals surface area contributed by atoms with Gasteiger partial charge in [0.15, 0.2) is 0 Å². The maximum Gasteiger partial charge on any atom is 0.272 e. The van der Waals surface area contributed by atoms with E-state index in [4.69, 9.17) is 9.84 Å². The third kappa shape index (κ3) is 4.19. The molecule has 0 bridgehead atoms. The first kappa shape index (κ1) is 22.2. The van der Waals surface area contributed by atoms with E-state index in [0.29, 0.717) is 18.8 Å². The topological polar surface area (TPSA) is 50.6 Å². The minimum atomic E-state index is 0.00922. The van der Waals surface area contributed by atoms with Crippen LogP contribution in [0.1, 0.15) is 21.6 Å². The second-order valence-corrected chi connectivity index (χ2v) is 9.49. The van der Waals surface area contributed by atoms with Crippen LogP contribution in [-0.4, -0.2) is 53.9 Å². The Kier molecular flexibility index (Phi) is 6.11. The minimum absolute atomic E-state index is 0.00922. The Hall–Kier alpha value is -3.58. The number of para-hydroxylation sites is 2. The van der Waals surface area contributed by atoms with Crippen LogP contribution >= 0.6 is 11.3 Å². The average Bonchev–Trinajstić information content (AvgIpc) is 3.54. The average molecular weight is 473 g/mol. The molecular weight excluding hydrogens is 444 g/mol. The number of rotatable bonds is 5. The highest BCUT2D eigenvalue weighted by Crippen LogP contribution is 2.30. The molecule has 0 atom stereocenters. The van der Waals surface area contributed by atoms with E-state index >= 15 is 0 Å². The number of carbonyl (C=O) groups is 1. The first-order valence-corrected chi connectivity index (χ1v) is 12.3. The van der Waals surface area contributed by atoms with Gasteiger partial charge in [-0.2, -0.15) is 5.10 Å². The van der Waals surface area contributed by atoms with Crippen molar-refractivity contribution in [2.45, 2.75) is 13.8 Å². The normalized spacial score (nSPS) is 13.9. The maximum atomic E-state index is 13.7. The summed E-state index contributed by atoms with van der Waals surface area (Å²) in [6, 6.07) is 20.3. The number of hydrogen-bond acceptors (Lipinski definition) is 5. The van der Waals surface area contributed by atoms with Crippen molar-refractivity contribution in [1.82, 2.24) is 14.7 Å². The number of thiophene rings is 1. The molecule has 0 N–H and O–H groups in total. The second kappa shape index (κ2) is 9.35. The molecule has 0 radical (unpaired) electrons. The number of benzene rings is 2. The predicted octanol–water partition coefficient (Wildman–Crippen LogP) is 5.19. The lowest BCUT2D eigenvalue weighted by atomic mass is 10.1. The number of ether oxygens (including phenoxy) is 1. The molecule has 6 nitrogen and oxygen atoms in total. The Morgan fingerprint density at radius 1 is 0.941 bits per heavy atom. The molecule has 0 saturated carbocycles. The lowest BCUT2D eigenvalue weighted by Crippen LogP contribution is -2.49. The van der Waals surface area contributed by atoms with E-state index < -0.39 is 0 Å². The molecule has 174 valence electrons. The lowest BCUT2D eigenvalue weighted by Gasteiger charge is -2.36. The molecule has 1 fully saturated rings. The number of carbonyl (C=O) groups excluding carboxylic acids is 1. The van der Waals surface area contributed by atoms with E-state index in [1.54, 1.807) is 18.4 Å². The predicted molar refractivity (Wildman–Crippen MR) is 137 cm³/mol. The summed E-state index contributed by atoms with van der Waals surface area (Å²) in [6.07, 6.45) is 0. The van der Waals surface area contributed by atoms with Crippen molar-refractivity contribution in [3.8, 4) is 22.0 Å². The number of anilines is 1. The SMILES string of the molecule is COc1ccccc1N1CCN(C(=O)c2cc(-c3cccs3)nn2-c2ccc(C)cc2C)CC1. The molecule has 2 aromatic heterocycles. The van der Waals surface area contributed by atoms with E-state index in [9.17, 15) is 4.79 Å². The Labute approximate surface area is 204 Å². The highest BCUT2D eigenvalue weighted by Gasteiger charge is 2.27. The van der Waals surface area contributed by atoms with Gasteiger partial charge in [0.1, 0.15) is 17.1 Å². The molecule has 0 aliphatic carbocycles. The van der Waals surface area contributed by atoms with Gasteiger partial charge in [-0.1, -0.05) is 35.9 Å². The molecular formula is C27H28N4O2S. The van der Waals surface area contributed by atoms with Crippen LogP contribution in [0.4, 0.5) is 5.69 Å². The highest BCUT2D eigenvalue weighted by molar-refractivity contribution is 7.13. The van der Waals surface area contributed by atoms with Gasteiger partial charge in [0, 0.05) is 26.2 Å². The van der Waals surface area contributed by atoms with Crippen LogP contribution < -0.4 is 9.64 Å². The smallest absolute Gasteiger partial charge is 0.272 e. The van der Waals surface area contributed by atoms with Crippen LogP contribution in [-0.2, 0) is 0 Å². The van der Waals surface area contributed by atoms with Crippen LogP contribution in [0.5, 0.6) is 5.75 Å². The fourth-order valence-corrected chi connectivity index (χ4v) is 5.19. The Morgan fingerprint density at radius 2 is 1.74 bits per heavy atom. The van der Waals surface area contributed by atoms with Gasteiger partial charge in [-0.25, -0.2) is 4.68 Å². The zero-order chi connectivity index (χ0) is 23.7. The third-order valence-electron chi connectivity index (χ3n) is 6.28. The van der Waals surface area contributed by atoms with Crippen molar-refractivity contribution < 1.29 is 9.53 Å². The van der Waals surface area contributed by atoms with E-state index in [1.165, 1.54) is 5.56 Å². The number of aryl methyl sites for hydroxylation is 2. The van der Waals surface area contributed by atoms with E-state index in [-0.39, 0.29) is 5.91 Å². The molecule has 34 heavy (non-hydrogen) atoms. The summed E-state index contributed by atoms with van der Waals surface area (Å²) in [5.74, 6) is 0.866. The van der Waals surface area contributed by atoms with Gasteiger partial charge >= 0.3 is 0 Å². The van der Waals surface area contributed by atoms with E-state index in [2.05, 4.69) is 36.9 Å². The summed E-state index contributed by atoms with van der Waals surface area (Å²) >= 11 is 1.63. The van der Waals surface area contributed by atoms with E-state index in [1.807, 2.05) is 57.4 Å². The minimum Gasteiger partial charge on any atom is -0.495 e. The van der Waals surface area contributed by atoms with Crippen LogP contribution in [0.2, 0.25) is 0 Å².